The van der Waals surface area contributed by atoms with Gasteiger partial charge in [-0.15, -0.1) is 0 Å². The van der Waals surface area contributed by atoms with Crippen LogP contribution >= 0.6 is 0 Å². The summed E-state index contributed by atoms with van der Waals surface area (Å²) in [7, 11) is 0. The summed E-state index contributed by atoms with van der Waals surface area (Å²) in [5, 5.41) is 7.72. The molecule has 1 aliphatic carbocycles. The van der Waals surface area contributed by atoms with Gasteiger partial charge in [0.25, 0.3) is 0 Å². The Bertz CT molecular complexity index is 661. The second-order valence-electron chi connectivity index (χ2n) is 7.02. The van der Waals surface area contributed by atoms with Gasteiger partial charge in [0.05, 0.1) is 12.1 Å². The summed E-state index contributed by atoms with van der Waals surface area (Å²) in [5.41, 5.74) is 0.869. The molecule has 2 fully saturated rings. The first-order chi connectivity index (χ1) is 11.2. The standard InChI is InChI=1S/C19H24N2O2/c1-12(18-11-14-7-3-5-9-17(14)23-18)20-19(22)16-10-13-6-2-4-8-15(13)21-16/h3,5,7,9,11-13,15-16,21H,2,4,6,8,10H2,1H3,(H,20,22). The Morgan fingerprint density at radius 2 is 2.13 bits per heavy atom. The summed E-state index contributed by atoms with van der Waals surface area (Å²) in [6.45, 7) is 1.98. The van der Waals surface area contributed by atoms with Crippen molar-refractivity contribution < 1.29 is 9.21 Å². The molecule has 4 atom stereocenters. The summed E-state index contributed by atoms with van der Waals surface area (Å²) in [4.78, 5) is 12.6. The Labute approximate surface area is 136 Å². The molecule has 1 amide bonds. The van der Waals surface area contributed by atoms with Gasteiger partial charge in [-0.2, -0.15) is 0 Å². The van der Waals surface area contributed by atoms with E-state index < -0.39 is 0 Å². The number of rotatable bonds is 3. The van der Waals surface area contributed by atoms with E-state index in [4.69, 9.17) is 4.42 Å². The molecule has 4 nitrogen and oxygen atoms in total. The van der Waals surface area contributed by atoms with E-state index in [1.165, 1.54) is 25.7 Å². The van der Waals surface area contributed by atoms with Crippen LogP contribution in [0.5, 0.6) is 0 Å². The normalized spacial score (nSPS) is 28.5. The van der Waals surface area contributed by atoms with Gasteiger partial charge < -0.3 is 15.1 Å². The molecule has 4 unspecified atom stereocenters. The minimum absolute atomic E-state index is 0.0464. The van der Waals surface area contributed by atoms with E-state index in [1.54, 1.807) is 0 Å². The van der Waals surface area contributed by atoms with E-state index in [2.05, 4.69) is 10.6 Å². The van der Waals surface area contributed by atoms with Gasteiger partial charge in [0.2, 0.25) is 5.91 Å². The fourth-order valence-electron chi connectivity index (χ4n) is 4.12. The van der Waals surface area contributed by atoms with Crippen LogP contribution in [-0.4, -0.2) is 18.0 Å². The molecule has 1 aromatic carbocycles. The highest BCUT2D eigenvalue weighted by molar-refractivity contribution is 5.83. The van der Waals surface area contributed by atoms with Crippen LogP contribution in [0.4, 0.5) is 0 Å². The number of carbonyl (C=O) groups is 1. The van der Waals surface area contributed by atoms with Crippen LogP contribution < -0.4 is 10.6 Å². The molecule has 1 saturated heterocycles. The molecule has 0 bridgehead atoms. The van der Waals surface area contributed by atoms with Crippen molar-refractivity contribution >= 4 is 16.9 Å². The fourth-order valence-corrected chi connectivity index (χ4v) is 4.12. The van der Waals surface area contributed by atoms with Gasteiger partial charge in [-0.1, -0.05) is 31.0 Å². The van der Waals surface area contributed by atoms with E-state index in [9.17, 15) is 4.79 Å². The fraction of sp³-hybridized carbons (Fsp3) is 0.526. The number of nitrogens with one attached hydrogen (secondary N) is 2. The average Bonchev–Trinajstić information content (AvgIpc) is 3.18. The average molecular weight is 312 g/mol. The first kappa shape index (κ1) is 14.8. The van der Waals surface area contributed by atoms with Crippen molar-refractivity contribution in [1.82, 2.24) is 10.6 Å². The van der Waals surface area contributed by atoms with Crippen LogP contribution in [0.1, 0.15) is 50.8 Å². The van der Waals surface area contributed by atoms with Crippen LogP contribution in [0.25, 0.3) is 11.0 Å². The Morgan fingerprint density at radius 1 is 1.30 bits per heavy atom. The molecule has 2 N–H and O–H groups in total. The lowest BCUT2D eigenvalue weighted by Gasteiger charge is -2.24. The van der Waals surface area contributed by atoms with Gasteiger partial charge in [0.15, 0.2) is 0 Å². The lowest BCUT2D eigenvalue weighted by Crippen LogP contribution is -2.43. The number of hydrogen-bond donors (Lipinski definition) is 2. The summed E-state index contributed by atoms with van der Waals surface area (Å²) >= 11 is 0. The third-order valence-corrected chi connectivity index (χ3v) is 5.41. The molecule has 23 heavy (non-hydrogen) atoms. The molecule has 1 aliphatic heterocycles. The first-order valence-corrected chi connectivity index (χ1v) is 8.75. The minimum atomic E-state index is -0.112. The summed E-state index contributed by atoms with van der Waals surface area (Å²) < 4.78 is 5.85. The SMILES string of the molecule is CC(NC(=O)C1CC2CCCCC2N1)c1cc2ccccc2o1. The number of benzene rings is 1. The molecule has 0 spiro atoms. The zero-order valence-electron chi connectivity index (χ0n) is 13.5. The van der Waals surface area contributed by atoms with Crippen molar-refractivity contribution in [3.05, 3.63) is 36.1 Å². The molecule has 4 heteroatoms. The molecule has 4 rings (SSSR count). The van der Waals surface area contributed by atoms with Crippen molar-refractivity contribution in [2.45, 2.75) is 57.2 Å². The molecule has 2 aromatic rings. The number of amides is 1. The monoisotopic (exact) mass is 312 g/mol. The first-order valence-electron chi connectivity index (χ1n) is 8.75. The van der Waals surface area contributed by atoms with Gasteiger partial charge in [0, 0.05) is 11.4 Å². The lowest BCUT2D eigenvalue weighted by atomic mass is 9.85. The van der Waals surface area contributed by atoms with Crippen LogP contribution in [0, 0.1) is 5.92 Å². The molecular formula is C19H24N2O2. The largest absolute Gasteiger partial charge is 0.459 e. The molecule has 2 aliphatic rings. The Balaban J connectivity index is 1.42. The van der Waals surface area contributed by atoms with Gasteiger partial charge in [0.1, 0.15) is 11.3 Å². The quantitative estimate of drug-likeness (QED) is 0.911. The van der Waals surface area contributed by atoms with Gasteiger partial charge in [-0.05, 0) is 44.2 Å². The van der Waals surface area contributed by atoms with Crippen molar-refractivity contribution in [3.8, 4) is 0 Å². The van der Waals surface area contributed by atoms with Crippen LogP contribution in [-0.2, 0) is 4.79 Å². The van der Waals surface area contributed by atoms with Crippen molar-refractivity contribution in [1.29, 1.82) is 0 Å². The maximum Gasteiger partial charge on any atom is 0.237 e. The second kappa shape index (κ2) is 6.00. The highest BCUT2D eigenvalue weighted by atomic mass is 16.3. The smallest absolute Gasteiger partial charge is 0.237 e. The third kappa shape index (κ3) is 2.88. The van der Waals surface area contributed by atoms with Crippen LogP contribution in [0.3, 0.4) is 0 Å². The molecule has 1 saturated carbocycles. The van der Waals surface area contributed by atoms with Crippen LogP contribution in [0.15, 0.2) is 34.7 Å². The minimum Gasteiger partial charge on any atom is -0.459 e. The maximum absolute atomic E-state index is 12.6. The highest BCUT2D eigenvalue weighted by Gasteiger charge is 2.38. The number of para-hydroxylation sites is 1. The lowest BCUT2D eigenvalue weighted by molar-refractivity contribution is -0.123. The number of carbonyl (C=O) groups excluding carboxylic acids is 1. The van der Waals surface area contributed by atoms with Crippen molar-refractivity contribution in [2.75, 3.05) is 0 Å². The molecule has 2 heterocycles. The van der Waals surface area contributed by atoms with Crippen LogP contribution in [0.2, 0.25) is 0 Å². The third-order valence-electron chi connectivity index (χ3n) is 5.41. The highest BCUT2D eigenvalue weighted by Crippen LogP contribution is 2.33. The molecule has 1 aromatic heterocycles. The zero-order valence-corrected chi connectivity index (χ0v) is 13.5. The van der Waals surface area contributed by atoms with E-state index in [0.717, 1.165) is 23.2 Å². The van der Waals surface area contributed by atoms with E-state index >= 15 is 0 Å². The predicted molar refractivity (Wildman–Crippen MR) is 90.1 cm³/mol. The van der Waals surface area contributed by atoms with Gasteiger partial charge in [-0.25, -0.2) is 0 Å². The van der Waals surface area contributed by atoms with Gasteiger partial charge >= 0.3 is 0 Å². The second-order valence-corrected chi connectivity index (χ2v) is 7.02. The number of furan rings is 1. The number of fused-ring (bicyclic) bond motifs is 2. The molecular weight excluding hydrogens is 288 g/mol. The topological polar surface area (TPSA) is 54.3 Å². The Kier molecular flexibility index (Phi) is 3.85. The van der Waals surface area contributed by atoms with Crippen molar-refractivity contribution in [3.63, 3.8) is 0 Å². The summed E-state index contributed by atoms with van der Waals surface area (Å²) in [5.74, 6) is 1.60. The molecule has 122 valence electrons. The van der Waals surface area contributed by atoms with Crippen molar-refractivity contribution in [2.24, 2.45) is 5.92 Å². The summed E-state index contributed by atoms with van der Waals surface area (Å²) in [6, 6.07) is 10.3. The Morgan fingerprint density at radius 3 is 2.96 bits per heavy atom. The number of hydrogen-bond acceptors (Lipinski definition) is 3. The zero-order chi connectivity index (χ0) is 15.8. The predicted octanol–water partition coefficient (Wildman–Crippen LogP) is 3.53. The summed E-state index contributed by atoms with van der Waals surface area (Å²) in [6.07, 6.45) is 6.06. The van der Waals surface area contributed by atoms with E-state index in [1.807, 2.05) is 37.3 Å². The van der Waals surface area contributed by atoms with E-state index in [0.29, 0.717) is 12.0 Å². The van der Waals surface area contributed by atoms with E-state index in [-0.39, 0.29) is 18.0 Å². The maximum atomic E-state index is 12.6. The Hall–Kier alpha value is -1.81. The molecule has 0 radical (unpaired) electrons. The van der Waals surface area contributed by atoms with Gasteiger partial charge in [-0.3, -0.25) is 4.79 Å².